The molecule has 0 bridgehead atoms. The monoisotopic (exact) mass is 515 g/mol. The highest BCUT2D eigenvalue weighted by molar-refractivity contribution is 6.25. The summed E-state index contributed by atoms with van der Waals surface area (Å²) >= 11 is 0. The predicted octanol–water partition coefficient (Wildman–Crippen LogP) is 5.59. The Balaban J connectivity index is 1.29. The first-order valence-electron chi connectivity index (χ1n) is 13.6. The molecule has 1 aliphatic heterocycles. The first-order chi connectivity index (χ1) is 18.5. The van der Waals surface area contributed by atoms with Crippen LogP contribution < -0.4 is 10.2 Å². The Morgan fingerprint density at radius 1 is 1.05 bits per heavy atom. The molecule has 3 aromatic carbocycles. The van der Waals surface area contributed by atoms with Crippen molar-refractivity contribution < 1.29 is 18.8 Å². The van der Waals surface area contributed by atoms with Gasteiger partial charge in [0.15, 0.2) is 0 Å². The summed E-state index contributed by atoms with van der Waals surface area (Å²) in [6, 6.07) is 17.2. The summed E-state index contributed by atoms with van der Waals surface area (Å²) in [4.78, 5) is 43.3. The third kappa shape index (κ3) is 5.28. The Labute approximate surface area is 222 Å². The highest BCUT2D eigenvalue weighted by Crippen LogP contribution is 2.37. The highest BCUT2D eigenvalue weighted by atomic mass is 19.1. The molecule has 1 saturated carbocycles. The molecular formula is C31H34FN3O3. The number of nitrogens with one attached hydrogen (secondary N) is 1. The quantitative estimate of drug-likeness (QED) is 0.383. The van der Waals surface area contributed by atoms with Gasteiger partial charge in [-0.3, -0.25) is 14.4 Å². The topological polar surface area (TPSA) is 69.7 Å². The van der Waals surface area contributed by atoms with E-state index >= 15 is 0 Å². The van der Waals surface area contributed by atoms with Crippen LogP contribution in [0.1, 0.15) is 67.8 Å². The van der Waals surface area contributed by atoms with Crippen LogP contribution in [0.2, 0.25) is 0 Å². The van der Waals surface area contributed by atoms with Crippen LogP contribution in [0.4, 0.5) is 10.1 Å². The molecular weight excluding hydrogens is 481 g/mol. The summed E-state index contributed by atoms with van der Waals surface area (Å²) < 4.78 is 13.5. The first-order valence-corrected chi connectivity index (χ1v) is 13.6. The standard InChI is InChI=1S/C31H34FN3O3/c1-2-26(30(37)33-24-10-3-4-11-24)35(20-21-15-17-23(32)18-16-21)28(36)14-7-19-34-27-13-6-9-22-8-5-12-25(29(22)27)31(34)38/h5-6,8-9,12-13,15-18,24,26H,2-4,7,10-11,14,19-20H2,1H3,(H,33,37)/t26-/m0/s1. The van der Waals surface area contributed by atoms with Crippen molar-refractivity contribution in [1.82, 2.24) is 10.2 Å². The Hall–Kier alpha value is -3.74. The number of carbonyl (C=O) groups is 3. The molecule has 0 unspecified atom stereocenters. The fraction of sp³-hybridized carbons (Fsp3) is 0.387. The zero-order valence-corrected chi connectivity index (χ0v) is 21.8. The molecule has 2 aliphatic rings. The zero-order valence-electron chi connectivity index (χ0n) is 21.8. The van der Waals surface area contributed by atoms with Crippen LogP contribution in [0, 0.1) is 5.82 Å². The van der Waals surface area contributed by atoms with Crippen molar-refractivity contribution in [3.8, 4) is 0 Å². The number of carbonyl (C=O) groups excluding carboxylic acids is 3. The number of hydrogen-bond donors (Lipinski definition) is 1. The Morgan fingerprint density at radius 2 is 1.76 bits per heavy atom. The minimum absolute atomic E-state index is 0.0465. The number of anilines is 1. The third-order valence-corrected chi connectivity index (χ3v) is 7.78. The van der Waals surface area contributed by atoms with Crippen LogP contribution in [0.5, 0.6) is 0 Å². The smallest absolute Gasteiger partial charge is 0.258 e. The van der Waals surface area contributed by atoms with Crippen molar-refractivity contribution >= 4 is 34.2 Å². The average molecular weight is 516 g/mol. The maximum Gasteiger partial charge on any atom is 0.258 e. The van der Waals surface area contributed by atoms with Crippen LogP contribution in [0.3, 0.4) is 0 Å². The van der Waals surface area contributed by atoms with E-state index in [0.717, 1.165) is 47.7 Å². The minimum atomic E-state index is -0.612. The molecule has 1 aliphatic carbocycles. The van der Waals surface area contributed by atoms with Gasteiger partial charge < -0.3 is 15.1 Å². The summed E-state index contributed by atoms with van der Waals surface area (Å²) in [5.74, 6) is -0.671. The molecule has 1 heterocycles. The molecule has 6 nitrogen and oxygen atoms in total. The lowest BCUT2D eigenvalue weighted by Gasteiger charge is -2.32. The van der Waals surface area contributed by atoms with Crippen molar-refractivity contribution in [3.05, 3.63) is 77.6 Å². The van der Waals surface area contributed by atoms with Gasteiger partial charge in [-0.05, 0) is 60.9 Å². The maximum absolute atomic E-state index is 13.6. The van der Waals surface area contributed by atoms with Gasteiger partial charge in [-0.15, -0.1) is 0 Å². The van der Waals surface area contributed by atoms with Gasteiger partial charge in [0, 0.05) is 36.5 Å². The normalized spacial score (nSPS) is 15.7. The molecule has 0 saturated heterocycles. The Bertz CT molecular complexity index is 1330. The van der Waals surface area contributed by atoms with Crippen LogP contribution >= 0.6 is 0 Å². The van der Waals surface area contributed by atoms with Gasteiger partial charge in [0.2, 0.25) is 11.8 Å². The van der Waals surface area contributed by atoms with E-state index in [-0.39, 0.29) is 42.5 Å². The van der Waals surface area contributed by atoms with Gasteiger partial charge in [0.1, 0.15) is 11.9 Å². The molecule has 198 valence electrons. The molecule has 7 heteroatoms. The van der Waals surface area contributed by atoms with E-state index < -0.39 is 6.04 Å². The number of hydrogen-bond acceptors (Lipinski definition) is 3. The van der Waals surface area contributed by atoms with Crippen molar-refractivity contribution in [3.63, 3.8) is 0 Å². The lowest BCUT2D eigenvalue weighted by molar-refractivity contribution is -0.141. The van der Waals surface area contributed by atoms with Crippen LogP contribution in [0.15, 0.2) is 60.7 Å². The second kappa shape index (κ2) is 11.3. The molecule has 38 heavy (non-hydrogen) atoms. The molecule has 1 atom stereocenters. The molecule has 1 N–H and O–H groups in total. The van der Waals surface area contributed by atoms with E-state index in [1.807, 2.05) is 43.3 Å². The first kappa shape index (κ1) is 25.9. The molecule has 1 fully saturated rings. The number of rotatable bonds is 10. The van der Waals surface area contributed by atoms with E-state index in [4.69, 9.17) is 0 Å². The second-order valence-corrected chi connectivity index (χ2v) is 10.3. The Kier molecular flexibility index (Phi) is 7.72. The SMILES string of the molecule is CC[C@@H](C(=O)NC1CCCC1)N(Cc1ccc(F)cc1)C(=O)CCCN1C(=O)c2cccc3cccc1c23. The average Bonchev–Trinajstić information content (AvgIpc) is 3.53. The summed E-state index contributed by atoms with van der Waals surface area (Å²) in [7, 11) is 0. The highest BCUT2D eigenvalue weighted by Gasteiger charge is 2.32. The molecule has 3 aromatic rings. The fourth-order valence-electron chi connectivity index (χ4n) is 5.81. The van der Waals surface area contributed by atoms with Crippen LogP contribution in [0.25, 0.3) is 10.8 Å². The lowest BCUT2D eigenvalue weighted by Crippen LogP contribution is -2.51. The molecule has 0 aromatic heterocycles. The maximum atomic E-state index is 13.6. The minimum Gasteiger partial charge on any atom is -0.352 e. The van der Waals surface area contributed by atoms with Crippen LogP contribution in [-0.4, -0.2) is 41.2 Å². The van der Waals surface area contributed by atoms with Gasteiger partial charge in [0.05, 0.1) is 5.69 Å². The van der Waals surface area contributed by atoms with E-state index in [1.54, 1.807) is 21.9 Å². The van der Waals surface area contributed by atoms with Crippen molar-refractivity contribution in [2.45, 2.75) is 70.5 Å². The molecule has 5 rings (SSSR count). The van der Waals surface area contributed by atoms with Crippen molar-refractivity contribution in [2.24, 2.45) is 0 Å². The van der Waals surface area contributed by atoms with Gasteiger partial charge in [-0.1, -0.05) is 56.2 Å². The number of nitrogens with zero attached hydrogens (tertiary/aromatic N) is 2. The molecule has 3 amide bonds. The molecule has 0 spiro atoms. The largest absolute Gasteiger partial charge is 0.352 e. The van der Waals surface area contributed by atoms with Crippen LogP contribution in [-0.2, 0) is 16.1 Å². The number of halogens is 1. The van der Waals surface area contributed by atoms with E-state index in [0.29, 0.717) is 24.9 Å². The third-order valence-electron chi connectivity index (χ3n) is 7.78. The Morgan fingerprint density at radius 3 is 2.47 bits per heavy atom. The van der Waals surface area contributed by atoms with Gasteiger partial charge in [-0.25, -0.2) is 4.39 Å². The zero-order chi connectivity index (χ0) is 26.6. The van der Waals surface area contributed by atoms with E-state index in [1.165, 1.54) is 12.1 Å². The fourth-order valence-corrected chi connectivity index (χ4v) is 5.81. The van der Waals surface area contributed by atoms with Gasteiger partial charge in [-0.2, -0.15) is 0 Å². The summed E-state index contributed by atoms with van der Waals surface area (Å²) in [5, 5.41) is 5.12. The summed E-state index contributed by atoms with van der Waals surface area (Å²) in [6.45, 7) is 2.54. The number of amides is 3. The number of benzene rings is 3. The second-order valence-electron chi connectivity index (χ2n) is 10.3. The van der Waals surface area contributed by atoms with Gasteiger partial charge >= 0.3 is 0 Å². The van der Waals surface area contributed by atoms with E-state index in [9.17, 15) is 18.8 Å². The summed E-state index contributed by atoms with van der Waals surface area (Å²) in [5.41, 5.74) is 2.34. The molecule has 0 radical (unpaired) electrons. The van der Waals surface area contributed by atoms with Crippen molar-refractivity contribution in [2.75, 3.05) is 11.4 Å². The van der Waals surface area contributed by atoms with E-state index in [2.05, 4.69) is 5.32 Å². The predicted molar refractivity (Wildman–Crippen MR) is 146 cm³/mol. The lowest BCUT2D eigenvalue weighted by atomic mass is 10.1. The van der Waals surface area contributed by atoms with Gasteiger partial charge in [0.25, 0.3) is 5.91 Å². The summed E-state index contributed by atoms with van der Waals surface area (Å²) in [6.07, 6.45) is 5.28. The van der Waals surface area contributed by atoms with Crippen molar-refractivity contribution in [1.29, 1.82) is 0 Å².